The van der Waals surface area contributed by atoms with E-state index in [1.54, 1.807) is 0 Å². The highest BCUT2D eigenvalue weighted by Gasteiger charge is 2.27. The van der Waals surface area contributed by atoms with Gasteiger partial charge in [0.25, 0.3) is 0 Å². The molecule has 6 nitrogen and oxygen atoms in total. The second kappa shape index (κ2) is 11.8. The van der Waals surface area contributed by atoms with E-state index in [1.807, 2.05) is 54.7 Å². The molecule has 0 aliphatic heterocycles. The third-order valence-electron chi connectivity index (χ3n) is 8.14. The van der Waals surface area contributed by atoms with Gasteiger partial charge < -0.3 is 15.6 Å². The van der Waals surface area contributed by atoms with Crippen LogP contribution in [-0.4, -0.2) is 21.8 Å². The van der Waals surface area contributed by atoms with Crippen molar-refractivity contribution in [3.8, 4) is 22.6 Å². The average Bonchev–Trinajstić information content (AvgIpc) is 3.24. The van der Waals surface area contributed by atoms with Gasteiger partial charge in [-0.1, -0.05) is 57.6 Å². The maximum atomic E-state index is 12.7. The summed E-state index contributed by atoms with van der Waals surface area (Å²) in [7, 11) is 0. The molecule has 0 spiro atoms. The second-order valence-corrected chi connectivity index (χ2v) is 10.8. The van der Waals surface area contributed by atoms with Crippen LogP contribution in [0.5, 0.6) is 0 Å². The molecule has 5 rings (SSSR count). The molecule has 2 aromatic carbocycles. The van der Waals surface area contributed by atoms with Crippen LogP contribution in [0.15, 0.2) is 54.7 Å². The molecule has 2 atom stereocenters. The van der Waals surface area contributed by atoms with Gasteiger partial charge in [0, 0.05) is 28.8 Å². The fourth-order valence-electron chi connectivity index (χ4n) is 5.79. The van der Waals surface area contributed by atoms with Gasteiger partial charge in [0.1, 0.15) is 5.82 Å². The second-order valence-electron chi connectivity index (χ2n) is 10.8. The maximum Gasteiger partial charge on any atom is 0.227 e. The Balaban J connectivity index is 1.19. The zero-order valence-corrected chi connectivity index (χ0v) is 21.8. The van der Waals surface area contributed by atoms with E-state index in [0.29, 0.717) is 5.92 Å². The summed E-state index contributed by atoms with van der Waals surface area (Å²) < 4.78 is 0. The Morgan fingerprint density at radius 2 is 1.30 bits per heavy atom. The first-order valence-electron chi connectivity index (χ1n) is 13.9. The van der Waals surface area contributed by atoms with Crippen molar-refractivity contribution in [3.05, 3.63) is 54.7 Å². The number of nitrogens with zero attached hydrogens (tertiary/aromatic N) is 1. The number of imidazole rings is 1. The SMILES string of the molecule is CC1CCCCC1C(=O)Nc1ccc(-c2cnc(-c3ccc(NC(=O)C4CCCCCC4)cc3)[nH]2)cc1. The van der Waals surface area contributed by atoms with Crippen LogP contribution in [0.4, 0.5) is 11.4 Å². The van der Waals surface area contributed by atoms with E-state index in [1.165, 1.54) is 19.3 Å². The largest absolute Gasteiger partial charge is 0.338 e. The summed E-state index contributed by atoms with van der Waals surface area (Å²) in [4.78, 5) is 33.3. The lowest BCUT2D eigenvalue weighted by Crippen LogP contribution is -2.30. The number of hydrogen-bond donors (Lipinski definition) is 3. The average molecular weight is 499 g/mol. The van der Waals surface area contributed by atoms with Crippen LogP contribution >= 0.6 is 0 Å². The van der Waals surface area contributed by atoms with Gasteiger partial charge in [-0.2, -0.15) is 0 Å². The number of carbonyl (C=O) groups excluding carboxylic acids is 2. The number of benzene rings is 2. The fraction of sp³-hybridized carbons (Fsp3) is 0.452. The number of rotatable bonds is 6. The van der Waals surface area contributed by atoms with Crippen molar-refractivity contribution < 1.29 is 9.59 Å². The molecule has 1 heterocycles. The first-order chi connectivity index (χ1) is 18.1. The number of carbonyl (C=O) groups is 2. The Labute approximate surface area is 219 Å². The number of anilines is 2. The van der Waals surface area contributed by atoms with Gasteiger partial charge >= 0.3 is 0 Å². The molecule has 2 aliphatic carbocycles. The van der Waals surface area contributed by atoms with Crippen molar-refractivity contribution >= 4 is 23.2 Å². The summed E-state index contributed by atoms with van der Waals surface area (Å²) >= 11 is 0. The standard InChI is InChI=1S/C31H38N4O2/c1-21-8-6-7-11-27(21)31(37)34-26-16-12-22(13-17-26)28-20-32-29(35-28)23-14-18-25(19-15-23)33-30(36)24-9-4-2-3-5-10-24/h12-21,24,27H,2-11H2,1H3,(H,32,35)(H,33,36)(H,34,37). The monoisotopic (exact) mass is 498 g/mol. The van der Waals surface area contributed by atoms with E-state index in [4.69, 9.17) is 0 Å². The molecule has 6 heteroatoms. The van der Waals surface area contributed by atoms with Gasteiger partial charge in [0.2, 0.25) is 11.8 Å². The molecule has 0 saturated heterocycles. The minimum Gasteiger partial charge on any atom is -0.338 e. The number of hydrogen-bond acceptors (Lipinski definition) is 3. The predicted molar refractivity (Wildman–Crippen MR) is 149 cm³/mol. The van der Waals surface area contributed by atoms with Crippen molar-refractivity contribution in [2.45, 2.75) is 71.1 Å². The molecule has 2 saturated carbocycles. The lowest BCUT2D eigenvalue weighted by molar-refractivity contribution is -0.122. The van der Waals surface area contributed by atoms with Crippen LogP contribution < -0.4 is 10.6 Å². The van der Waals surface area contributed by atoms with Gasteiger partial charge in [-0.25, -0.2) is 4.98 Å². The van der Waals surface area contributed by atoms with Gasteiger partial charge in [-0.05, 0) is 73.6 Å². The number of nitrogens with one attached hydrogen (secondary N) is 3. The third kappa shape index (κ3) is 6.30. The van der Waals surface area contributed by atoms with Crippen molar-refractivity contribution in [1.29, 1.82) is 0 Å². The van der Waals surface area contributed by atoms with E-state index < -0.39 is 0 Å². The van der Waals surface area contributed by atoms with Crippen molar-refractivity contribution in [2.75, 3.05) is 10.6 Å². The van der Waals surface area contributed by atoms with Crippen LogP contribution in [0, 0.1) is 17.8 Å². The molecule has 2 unspecified atom stereocenters. The first-order valence-corrected chi connectivity index (χ1v) is 13.9. The summed E-state index contributed by atoms with van der Waals surface area (Å²) in [5.41, 5.74) is 4.54. The highest BCUT2D eigenvalue weighted by atomic mass is 16.2. The molecular formula is C31H38N4O2. The molecule has 2 fully saturated rings. The number of aromatic nitrogens is 2. The highest BCUT2D eigenvalue weighted by Crippen LogP contribution is 2.31. The number of aromatic amines is 1. The topological polar surface area (TPSA) is 86.9 Å². The van der Waals surface area contributed by atoms with Gasteiger partial charge in [-0.3, -0.25) is 9.59 Å². The van der Waals surface area contributed by atoms with Crippen LogP contribution in [0.25, 0.3) is 22.6 Å². The molecule has 1 aromatic heterocycles. The van der Waals surface area contributed by atoms with Crippen molar-refractivity contribution in [2.24, 2.45) is 17.8 Å². The molecule has 194 valence electrons. The fourth-order valence-corrected chi connectivity index (χ4v) is 5.79. The molecule has 2 aliphatic rings. The van der Waals surface area contributed by atoms with E-state index in [2.05, 4.69) is 27.5 Å². The van der Waals surface area contributed by atoms with E-state index in [0.717, 1.165) is 79.0 Å². The Morgan fingerprint density at radius 1 is 0.730 bits per heavy atom. The number of amides is 2. The quantitative estimate of drug-likeness (QED) is 0.309. The molecule has 0 radical (unpaired) electrons. The molecule has 3 N–H and O–H groups in total. The van der Waals surface area contributed by atoms with Gasteiger partial charge in [-0.15, -0.1) is 0 Å². The maximum absolute atomic E-state index is 12.7. The molecule has 2 amide bonds. The van der Waals surface area contributed by atoms with Gasteiger partial charge in [0.05, 0.1) is 11.9 Å². The Bertz CT molecular complexity index is 1190. The van der Waals surface area contributed by atoms with E-state index in [9.17, 15) is 9.59 Å². The molecule has 0 bridgehead atoms. The minimum atomic E-state index is 0.111. The van der Waals surface area contributed by atoms with E-state index in [-0.39, 0.29) is 23.7 Å². The summed E-state index contributed by atoms with van der Waals surface area (Å²) in [5, 5.41) is 6.19. The summed E-state index contributed by atoms with van der Waals surface area (Å²) in [5.74, 6) is 1.74. The van der Waals surface area contributed by atoms with Crippen LogP contribution in [-0.2, 0) is 9.59 Å². The van der Waals surface area contributed by atoms with E-state index >= 15 is 0 Å². The van der Waals surface area contributed by atoms with Crippen molar-refractivity contribution in [3.63, 3.8) is 0 Å². The van der Waals surface area contributed by atoms with Gasteiger partial charge in [0.15, 0.2) is 0 Å². The lowest BCUT2D eigenvalue weighted by atomic mass is 9.80. The molecular weight excluding hydrogens is 460 g/mol. The van der Waals surface area contributed by atoms with Crippen molar-refractivity contribution in [1.82, 2.24) is 9.97 Å². The zero-order chi connectivity index (χ0) is 25.6. The third-order valence-corrected chi connectivity index (χ3v) is 8.14. The van der Waals surface area contributed by atoms with Crippen LogP contribution in [0.3, 0.4) is 0 Å². The first kappa shape index (κ1) is 25.2. The van der Waals surface area contributed by atoms with Crippen LogP contribution in [0.1, 0.15) is 71.1 Å². The number of H-pyrrole nitrogens is 1. The highest BCUT2D eigenvalue weighted by molar-refractivity contribution is 5.93. The Kier molecular flexibility index (Phi) is 8.02. The zero-order valence-electron chi connectivity index (χ0n) is 21.8. The smallest absolute Gasteiger partial charge is 0.227 e. The minimum absolute atomic E-state index is 0.111. The lowest BCUT2D eigenvalue weighted by Gasteiger charge is -2.27. The normalized spacial score (nSPS) is 20.7. The van der Waals surface area contributed by atoms with Crippen LogP contribution in [0.2, 0.25) is 0 Å². The summed E-state index contributed by atoms with van der Waals surface area (Å²) in [6.45, 7) is 2.18. The summed E-state index contributed by atoms with van der Waals surface area (Å²) in [6.07, 6.45) is 13.1. The summed E-state index contributed by atoms with van der Waals surface area (Å²) in [6, 6.07) is 15.8. The predicted octanol–water partition coefficient (Wildman–Crippen LogP) is 7.42. The Morgan fingerprint density at radius 3 is 1.95 bits per heavy atom. The molecule has 3 aromatic rings. The molecule has 37 heavy (non-hydrogen) atoms. The Hall–Kier alpha value is -3.41.